The van der Waals surface area contributed by atoms with E-state index >= 15 is 0 Å². The predicted octanol–water partition coefficient (Wildman–Crippen LogP) is 3.57. The fourth-order valence-electron chi connectivity index (χ4n) is 2.67. The maximum absolute atomic E-state index is 6.61. The van der Waals surface area contributed by atoms with E-state index in [-0.39, 0.29) is 11.6 Å². The number of fused-ring (bicyclic) bond motifs is 1. The first-order chi connectivity index (χ1) is 9.00. The summed E-state index contributed by atoms with van der Waals surface area (Å²) in [6.45, 7) is 4.43. The molecule has 0 saturated carbocycles. The molecule has 0 radical (unpaired) electrons. The van der Waals surface area contributed by atoms with E-state index in [1.165, 1.54) is 16.3 Å². The van der Waals surface area contributed by atoms with E-state index in [1.807, 2.05) is 0 Å². The molecule has 0 heterocycles. The molecule has 0 bridgehead atoms. The quantitative estimate of drug-likeness (QED) is 0.906. The van der Waals surface area contributed by atoms with Gasteiger partial charge in [0.05, 0.1) is 0 Å². The summed E-state index contributed by atoms with van der Waals surface area (Å²) in [5, 5.41) is 2.52. The first kappa shape index (κ1) is 14.0. The Kier molecular flexibility index (Phi) is 3.93. The number of nitrogens with zero attached hydrogens (tertiary/aromatic N) is 1. The summed E-state index contributed by atoms with van der Waals surface area (Å²) in [5.74, 6) is 0. The third kappa shape index (κ3) is 2.38. The zero-order valence-electron chi connectivity index (χ0n) is 12.4. The molecule has 2 aromatic carbocycles. The number of benzene rings is 2. The normalized spacial score (nSPS) is 16.5. The van der Waals surface area contributed by atoms with Crippen molar-refractivity contribution in [1.82, 2.24) is 4.90 Å². The van der Waals surface area contributed by atoms with E-state index in [0.29, 0.717) is 0 Å². The van der Waals surface area contributed by atoms with Crippen molar-refractivity contribution in [1.29, 1.82) is 0 Å². The number of likely N-dealkylation sites (N-methyl/N-ethyl adjacent to an activating group) is 1. The van der Waals surface area contributed by atoms with Crippen molar-refractivity contribution >= 4 is 10.8 Å². The highest BCUT2D eigenvalue weighted by Gasteiger charge is 2.33. The third-order valence-electron chi connectivity index (χ3n) is 4.57. The minimum atomic E-state index is -0.0376. The average Bonchev–Trinajstić information content (AvgIpc) is 2.44. The van der Waals surface area contributed by atoms with Crippen LogP contribution in [0.15, 0.2) is 42.5 Å². The molecule has 0 aliphatic carbocycles. The van der Waals surface area contributed by atoms with Crippen LogP contribution in [-0.4, -0.2) is 24.5 Å². The second kappa shape index (κ2) is 5.32. The molecular formula is C17H24N2. The highest BCUT2D eigenvalue weighted by molar-refractivity contribution is 5.86. The van der Waals surface area contributed by atoms with Crippen LogP contribution in [0.1, 0.15) is 31.9 Å². The van der Waals surface area contributed by atoms with Crippen molar-refractivity contribution < 1.29 is 0 Å². The second-order valence-electron chi connectivity index (χ2n) is 5.65. The molecule has 0 aliphatic heterocycles. The van der Waals surface area contributed by atoms with Crippen molar-refractivity contribution in [2.45, 2.75) is 31.8 Å². The van der Waals surface area contributed by atoms with Crippen LogP contribution in [0.4, 0.5) is 0 Å². The van der Waals surface area contributed by atoms with E-state index in [1.54, 1.807) is 0 Å². The minimum Gasteiger partial charge on any atom is -0.322 e. The molecule has 0 amide bonds. The molecule has 2 rings (SSSR count). The summed E-state index contributed by atoms with van der Waals surface area (Å²) in [7, 11) is 4.21. The molecule has 2 N–H and O–H groups in total. The highest BCUT2D eigenvalue weighted by atomic mass is 15.2. The molecule has 0 aromatic heterocycles. The van der Waals surface area contributed by atoms with Gasteiger partial charge in [-0.2, -0.15) is 0 Å². The van der Waals surface area contributed by atoms with Crippen molar-refractivity contribution in [2.75, 3.05) is 14.1 Å². The lowest BCUT2D eigenvalue weighted by Gasteiger charge is -2.41. The fourth-order valence-corrected chi connectivity index (χ4v) is 2.67. The molecular weight excluding hydrogens is 232 g/mol. The molecule has 0 saturated heterocycles. The van der Waals surface area contributed by atoms with Crippen molar-refractivity contribution in [3.05, 3.63) is 48.0 Å². The Morgan fingerprint density at radius 2 is 1.74 bits per heavy atom. The largest absolute Gasteiger partial charge is 0.322 e. The summed E-state index contributed by atoms with van der Waals surface area (Å²) in [5.41, 5.74) is 7.80. The monoisotopic (exact) mass is 256 g/mol. The molecule has 2 nitrogen and oxygen atoms in total. The Bertz CT molecular complexity index is 557. The van der Waals surface area contributed by atoms with Crippen LogP contribution in [0.5, 0.6) is 0 Å². The highest BCUT2D eigenvalue weighted by Crippen LogP contribution is 2.34. The smallest absolute Gasteiger partial charge is 0.0485 e. The number of hydrogen-bond donors (Lipinski definition) is 1. The molecule has 2 heteroatoms. The number of hydrogen-bond acceptors (Lipinski definition) is 2. The van der Waals surface area contributed by atoms with Gasteiger partial charge in [0.15, 0.2) is 0 Å². The van der Waals surface area contributed by atoms with Gasteiger partial charge in [0.2, 0.25) is 0 Å². The van der Waals surface area contributed by atoms with Gasteiger partial charge in [-0.15, -0.1) is 0 Å². The zero-order valence-corrected chi connectivity index (χ0v) is 12.4. The van der Waals surface area contributed by atoms with E-state index in [2.05, 4.69) is 75.3 Å². The fraction of sp³-hybridized carbons (Fsp3) is 0.412. The Hall–Kier alpha value is -1.38. The summed E-state index contributed by atoms with van der Waals surface area (Å²) < 4.78 is 0. The SMILES string of the molecule is CCC(C)(C(N)c1cccc2ccccc12)N(C)C. The van der Waals surface area contributed by atoms with Crippen molar-refractivity contribution in [3.8, 4) is 0 Å². The van der Waals surface area contributed by atoms with Crippen LogP contribution < -0.4 is 5.73 Å². The van der Waals surface area contributed by atoms with Crippen molar-refractivity contribution in [2.24, 2.45) is 5.73 Å². The maximum Gasteiger partial charge on any atom is 0.0485 e. The van der Waals surface area contributed by atoms with Gasteiger partial charge in [0.1, 0.15) is 0 Å². The molecule has 2 unspecified atom stereocenters. The summed E-state index contributed by atoms with van der Waals surface area (Å²) in [4.78, 5) is 2.24. The van der Waals surface area contributed by atoms with Crippen LogP contribution >= 0.6 is 0 Å². The predicted molar refractivity (Wildman–Crippen MR) is 83.3 cm³/mol. The van der Waals surface area contributed by atoms with Crippen LogP contribution in [-0.2, 0) is 0 Å². The number of nitrogens with two attached hydrogens (primary N) is 1. The Labute approximate surface area is 116 Å². The van der Waals surface area contributed by atoms with Gasteiger partial charge in [-0.25, -0.2) is 0 Å². The van der Waals surface area contributed by atoms with Gasteiger partial charge < -0.3 is 10.6 Å². The Balaban J connectivity index is 2.55. The zero-order chi connectivity index (χ0) is 14.0. The average molecular weight is 256 g/mol. The lowest BCUT2D eigenvalue weighted by atomic mass is 9.82. The molecule has 19 heavy (non-hydrogen) atoms. The maximum atomic E-state index is 6.61. The molecule has 0 fully saturated rings. The first-order valence-electron chi connectivity index (χ1n) is 6.91. The van der Waals surface area contributed by atoms with Gasteiger partial charge in [0, 0.05) is 11.6 Å². The van der Waals surface area contributed by atoms with E-state index in [9.17, 15) is 0 Å². The van der Waals surface area contributed by atoms with Gasteiger partial charge in [-0.05, 0) is 43.8 Å². The summed E-state index contributed by atoms with van der Waals surface area (Å²) in [6, 6.07) is 14.9. The van der Waals surface area contributed by atoms with E-state index in [0.717, 1.165) is 6.42 Å². The Morgan fingerprint density at radius 1 is 1.11 bits per heavy atom. The van der Waals surface area contributed by atoms with Crippen LogP contribution in [0.25, 0.3) is 10.8 Å². The molecule has 0 spiro atoms. The molecule has 2 aromatic rings. The van der Waals surface area contributed by atoms with E-state index < -0.39 is 0 Å². The van der Waals surface area contributed by atoms with Crippen LogP contribution in [0.3, 0.4) is 0 Å². The standard InChI is InChI=1S/C17H24N2/c1-5-17(2,19(3)4)16(18)15-12-8-10-13-9-6-7-11-14(13)15/h6-12,16H,5,18H2,1-4H3. The molecule has 2 atom stereocenters. The summed E-state index contributed by atoms with van der Waals surface area (Å²) in [6.07, 6.45) is 1.02. The van der Waals surface area contributed by atoms with Crippen LogP contribution in [0.2, 0.25) is 0 Å². The molecule has 0 aliphatic rings. The lowest BCUT2D eigenvalue weighted by Crippen LogP contribution is -2.49. The summed E-state index contributed by atoms with van der Waals surface area (Å²) >= 11 is 0. The minimum absolute atomic E-state index is 0.00130. The van der Waals surface area contributed by atoms with Gasteiger partial charge >= 0.3 is 0 Å². The van der Waals surface area contributed by atoms with Gasteiger partial charge in [-0.3, -0.25) is 0 Å². The molecule has 102 valence electrons. The van der Waals surface area contributed by atoms with Crippen LogP contribution in [0, 0.1) is 0 Å². The number of rotatable bonds is 4. The van der Waals surface area contributed by atoms with Crippen molar-refractivity contribution in [3.63, 3.8) is 0 Å². The second-order valence-corrected chi connectivity index (χ2v) is 5.65. The van der Waals surface area contributed by atoms with E-state index in [4.69, 9.17) is 5.73 Å². The third-order valence-corrected chi connectivity index (χ3v) is 4.57. The first-order valence-corrected chi connectivity index (χ1v) is 6.91. The van der Waals surface area contributed by atoms with Gasteiger partial charge in [-0.1, -0.05) is 49.4 Å². The lowest BCUT2D eigenvalue weighted by molar-refractivity contribution is 0.132. The van der Waals surface area contributed by atoms with Gasteiger partial charge in [0.25, 0.3) is 0 Å². The topological polar surface area (TPSA) is 29.3 Å². The Morgan fingerprint density at radius 3 is 2.37 bits per heavy atom.